The van der Waals surface area contributed by atoms with Crippen molar-refractivity contribution in [1.29, 1.82) is 0 Å². The van der Waals surface area contributed by atoms with Crippen LogP contribution >= 0.6 is 27.5 Å². The molecular formula is C11H14BrClN2O. The van der Waals surface area contributed by atoms with E-state index in [9.17, 15) is 4.79 Å². The lowest BCUT2D eigenvalue weighted by Crippen LogP contribution is -2.47. The summed E-state index contributed by atoms with van der Waals surface area (Å²) >= 11 is 9.14. The fourth-order valence-electron chi connectivity index (χ4n) is 1.01. The third-order valence-corrected chi connectivity index (χ3v) is 3.64. The first kappa shape index (κ1) is 13.5. The molecule has 1 aromatic rings. The molecule has 0 radical (unpaired) electrons. The van der Waals surface area contributed by atoms with Gasteiger partial charge < -0.3 is 11.1 Å². The minimum Gasteiger partial charge on any atom is -0.324 e. The topological polar surface area (TPSA) is 55.1 Å². The summed E-state index contributed by atoms with van der Waals surface area (Å²) < 4.78 is 0.738. The standard InChI is InChI=1S/C11H14BrClN2O/c1-3-11(2,14)10(16)15-7-4-5-9(13)8(12)6-7/h4-6H,3,14H2,1-2H3,(H,15,16). The molecule has 3 nitrogen and oxygen atoms in total. The Labute approximate surface area is 108 Å². The van der Waals surface area contributed by atoms with Crippen LogP contribution in [0.5, 0.6) is 0 Å². The summed E-state index contributed by atoms with van der Waals surface area (Å²) in [5, 5.41) is 3.35. The Kier molecular flexibility index (Phi) is 4.35. The molecule has 5 heteroatoms. The summed E-state index contributed by atoms with van der Waals surface area (Å²) in [6.45, 7) is 3.57. The predicted molar refractivity (Wildman–Crippen MR) is 70.7 cm³/mol. The molecule has 3 N–H and O–H groups in total. The third-order valence-electron chi connectivity index (χ3n) is 2.43. The molecule has 0 aliphatic rings. The number of nitrogens with one attached hydrogen (secondary N) is 1. The second-order valence-corrected chi connectivity index (χ2v) is 5.12. The fourth-order valence-corrected chi connectivity index (χ4v) is 1.50. The van der Waals surface area contributed by atoms with E-state index in [-0.39, 0.29) is 5.91 Å². The number of halogens is 2. The highest BCUT2D eigenvalue weighted by Crippen LogP contribution is 2.25. The normalized spacial score (nSPS) is 14.3. The van der Waals surface area contributed by atoms with E-state index >= 15 is 0 Å². The largest absolute Gasteiger partial charge is 0.324 e. The third kappa shape index (κ3) is 3.20. The van der Waals surface area contributed by atoms with Crippen LogP contribution in [0.15, 0.2) is 22.7 Å². The number of carbonyl (C=O) groups is 1. The molecule has 0 spiro atoms. The van der Waals surface area contributed by atoms with Gasteiger partial charge in [-0.3, -0.25) is 4.79 Å². The highest BCUT2D eigenvalue weighted by Gasteiger charge is 2.25. The van der Waals surface area contributed by atoms with Crippen molar-refractivity contribution >= 4 is 39.1 Å². The maximum absolute atomic E-state index is 11.8. The molecule has 1 atom stereocenters. The van der Waals surface area contributed by atoms with E-state index in [1.54, 1.807) is 25.1 Å². The van der Waals surface area contributed by atoms with E-state index in [0.29, 0.717) is 17.1 Å². The first-order valence-corrected chi connectivity index (χ1v) is 6.09. The molecule has 1 aromatic carbocycles. The van der Waals surface area contributed by atoms with E-state index in [2.05, 4.69) is 21.2 Å². The first-order chi connectivity index (χ1) is 7.36. The van der Waals surface area contributed by atoms with Crippen LogP contribution in [0, 0.1) is 0 Å². The summed E-state index contributed by atoms with van der Waals surface area (Å²) in [6.07, 6.45) is 0.577. The minimum atomic E-state index is -0.855. The van der Waals surface area contributed by atoms with Crippen LogP contribution in [0.2, 0.25) is 5.02 Å². The van der Waals surface area contributed by atoms with Gasteiger partial charge in [-0.05, 0) is 47.5 Å². The number of carbonyl (C=O) groups excluding carboxylic acids is 1. The first-order valence-electron chi connectivity index (χ1n) is 4.92. The number of amides is 1. The molecule has 88 valence electrons. The Balaban J connectivity index is 2.82. The lowest BCUT2D eigenvalue weighted by atomic mass is 9.99. The molecule has 0 bridgehead atoms. The number of nitrogens with two attached hydrogens (primary N) is 1. The highest BCUT2D eigenvalue weighted by molar-refractivity contribution is 9.10. The van der Waals surface area contributed by atoms with Gasteiger partial charge in [0.25, 0.3) is 0 Å². The predicted octanol–water partition coefficient (Wildman–Crippen LogP) is 3.17. The van der Waals surface area contributed by atoms with Crippen molar-refractivity contribution in [2.45, 2.75) is 25.8 Å². The summed E-state index contributed by atoms with van der Waals surface area (Å²) in [5.74, 6) is -0.204. The van der Waals surface area contributed by atoms with Gasteiger partial charge in [0.05, 0.1) is 10.6 Å². The monoisotopic (exact) mass is 304 g/mol. The van der Waals surface area contributed by atoms with Crippen LogP contribution in [0.4, 0.5) is 5.69 Å². The van der Waals surface area contributed by atoms with Gasteiger partial charge in [0.15, 0.2) is 0 Å². The Hall–Kier alpha value is -0.580. The quantitative estimate of drug-likeness (QED) is 0.901. The van der Waals surface area contributed by atoms with Crippen molar-refractivity contribution in [3.63, 3.8) is 0 Å². The zero-order valence-corrected chi connectivity index (χ0v) is 11.5. The molecule has 0 heterocycles. The molecule has 0 aliphatic carbocycles. The minimum absolute atomic E-state index is 0.204. The fraction of sp³-hybridized carbons (Fsp3) is 0.364. The number of hydrogen-bond acceptors (Lipinski definition) is 2. The van der Waals surface area contributed by atoms with E-state index in [1.807, 2.05) is 6.92 Å². The molecule has 0 aromatic heterocycles. The molecule has 1 unspecified atom stereocenters. The second-order valence-electron chi connectivity index (χ2n) is 3.85. The smallest absolute Gasteiger partial charge is 0.244 e. The number of rotatable bonds is 3. The maximum atomic E-state index is 11.8. The average Bonchev–Trinajstić information content (AvgIpc) is 2.23. The number of benzene rings is 1. The summed E-state index contributed by atoms with van der Waals surface area (Å²) in [6, 6.07) is 5.18. The van der Waals surface area contributed by atoms with Gasteiger partial charge in [0.1, 0.15) is 0 Å². The van der Waals surface area contributed by atoms with Crippen LogP contribution in [-0.4, -0.2) is 11.4 Å². The van der Waals surface area contributed by atoms with E-state index in [1.165, 1.54) is 0 Å². The van der Waals surface area contributed by atoms with Crippen LogP contribution in [-0.2, 0) is 4.79 Å². The van der Waals surface area contributed by atoms with Crippen molar-refractivity contribution in [2.24, 2.45) is 5.73 Å². The van der Waals surface area contributed by atoms with E-state index in [4.69, 9.17) is 17.3 Å². The molecular weight excluding hydrogens is 291 g/mol. The van der Waals surface area contributed by atoms with Gasteiger partial charge >= 0.3 is 0 Å². The van der Waals surface area contributed by atoms with Gasteiger partial charge in [0.2, 0.25) is 5.91 Å². The van der Waals surface area contributed by atoms with Gasteiger partial charge in [-0.1, -0.05) is 18.5 Å². The van der Waals surface area contributed by atoms with Crippen LogP contribution in [0.3, 0.4) is 0 Å². The molecule has 0 aliphatic heterocycles. The van der Waals surface area contributed by atoms with Crippen molar-refractivity contribution in [3.8, 4) is 0 Å². The van der Waals surface area contributed by atoms with E-state index in [0.717, 1.165) is 4.47 Å². The van der Waals surface area contributed by atoms with Gasteiger partial charge in [-0.2, -0.15) is 0 Å². The Morgan fingerprint density at radius 2 is 2.25 bits per heavy atom. The lowest BCUT2D eigenvalue weighted by Gasteiger charge is -2.21. The molecule has 0 fully saturated rings. The molecule has 0 saturated carbocycles. The van der Waals surface area contributed by atoms with Gasteiger partial charge in [-0.15, -0.1) is 0 Å². The zero-order valence-electron chi connectivity index (χ0n) is 9.18. The highest BCUT2D eigenvalue weighted by atomic mass is 79.9. The zero-order chi connectivity index (χ0) is 12.3. The van der Waals surface area contributed by atoms with Crippen molar-refractivity contribution in [1.82, 2.24) is 0 Å². The molecule has 0 saturated heterocycles. The van der Waals surface area contributed by atoms with E-state index < -0.39 is 5.54 Å². The van der Waals surface area contributed by atoms with Crippen LogP contribution < -0.4 is 11.1 Å². The van der Waals surface area contributed by atoms with Crippen molar-refractivity contribution in [3.05, 3.63) is 27.7 Å². The van der Waals surface area contributed by atoms with Crippen molar-refractivity contribution < 1.29 is 4.79 Å². The van der Waals surface area contributed by atoms with Crippen LogP contribution in [0.25, 0.3) is 0 Å². The molecule has 16 heavy (non-hydrogen) atoms. The Bertz CT molecular complexity index is 407. The van der Waals surface area contributed by atoms with Crippen LogP contribution in [0.1, 0.15) is 20.3 Å². The lowest BCUT2D eigenvalue weighted by molar-refractivity contribution is -0.120. The molecule has 1 amide bonds. The number of hydrogen-bond donors (Lipinski definition) is 2. The van der Waals surface area contributed by atoms with Crippen molar-refractivity contribution in [2.75, 3.05) is 5.32 Å². The SMILES string of the molecule is CCC(C)(N)C(=O)Nc1ccc(Cl)c(Br)c1. The van der Waals surface area contributed by atoms with Gasteiger partial charge in [-0.25, -0.2) is 0 Å². The summed E-state index contributed by atoms with van der Waals surface area (Å²) in [5.41, 5.74) is 5.64. The Morgan fingerprint density at radius 1 is 1.62 bits per heavy atom. The summed E-state index contributed by atoms with van der Waals surface area (Å²) in [4.78, 5) is 11.8. The number of anilines is 1. The maximum Gasteiger partial charge on any atom is 0.244 e. The summed E-state index contributed by atoms with van der Waals surface area (Å²) in [7, 11) is 0. The second kappa shape index (κ2) is 5.17. The average molecular weight is 306 g/mol. The molecule has 1 rings (SSSR count). The van der Waals surface area contributed by atoms with Gasteiger partial charge in [0, 0.05) is 10.2 Å². The Morgan fingerprint density at radius 3 is 2.75 bits per heavy atom.